The Kier molecular flexibility index (Phi) is 2.71. The first-order chi connectivity index (χ1) is 8.27. The predicted molar refractivity (Wildman–Crippen MR) is 66.6 cm³/mol. The molecule has 1 unspecified atom stereocenters. The van der Waals surface area contributed by atoms with Gasteiger partial charge in [0.1, 0.15) is 11.5 Å². The van der Waals surface area contributed by atoms with Crippen molar-refractivity contribution in [2.24, 2.45) is 0 Å². The molecule has 2 N–H and O–H groups in total. The van der Waals surface area contributed by atoms with Crippen LogP contribution in [0.25, 0.3) is 0 Å². The minimum atomic E-state index is 0.305. The standard InChI is InChI=1S/C14H19NO2/c1-9-8-12-10(5-7-17-12)13(14(9)16)11-4-2-3-6-15-11/h8,11,15-16H,2-7H2,1H3. The van der Waals surface area contributed by atoms with Gasteiger partial charge < -0.3 is 15.2 Å². The van der Waals surface area contributed by atoms with Crippen LogP contribution < -0.4 is 10.1 Å². The summed E-state index contributed by atoms with van der Waals surface area (Å²) in [4.78, 5) is 0. The topological polar surface area (TPSA) is 41.5 Å². The van der Waals surface area contributed by atoms with Gasteiger partial charge in [0.25, 0.3) is 0 Å². The maximum atomic E-state index is 10.3. The second kappa shape index (κ2) is 4.22. The molecule has 1 atom stereocenters. The van der Waals surface area contributed by atoms with Crippen molar-refractivity contribution in [3.8, 4) is 11.5 Å². The molecule has 3 heteroatoms. The lowest BCUT2D eigenvalue weighted by Crippen LogP contribution is -2.27. The fourth-order valence-corrected chi connectivity index (χ4v) is 2.96. The SMILES string of the molecule is Cc1cc2c(c(C3CCCCN3)c1O)CCO2. The molecule has 2 aliphatic rings. The summed E-state index contributed by atoms with van der Waals surface area (Å²) in [5.41, 5.74) is 3.23. The van der Waals surface area contributed by atoms with Crippen molar-refractivity contribution >= 4 is 0 Å². The minimum absolute atomic E-state index is 0.305. The zero-order valence-electron chi connectivity index (χ0n) is 10.3. The second-order valence-electron chi connectivity index (χ2n) is 5.03. The Morgan fingerprint density at radius 1 is 1.41 bits per heavy atom. The fourth-order valence-electron chi connectivity index (χ4n) is 2.96. The van der Waals surface area contributed by atoms with Gasteiger partial charge in [-0.2, -0.15) is 0 Å². The molecule has 0 amide bonds. The highest BCUT2D eigenvalue weighted by molar-refractivity contribution is 5.55. The Morgan fingerprint density at radius 3 is 3.06 bits per heavy atom. The number of rotatable bonds is 1. The number of hydrogen-bond donors (Lipinski definition) is 2. The van der Waals surface area contributed by atoms with Gasteiger partial charge in [-0.25, -0.2) is 0 Å². The van der Waals surface area contributed by atoms with E-state index in [1.807, 2.05) is 13.0 Å². The summed E-state index contributed by atoms with van der Waals surface area (Å²) in [7, 11) is 0. The lowest BCUT2D eigenvalue weighted by molar-refractivity contribution is 0.356. The van der Waals surface area contributed by atoms with Crippen LogP contribution in [-0.4, -0.2) is 18.3 Å². The number of fused-ring (bicyclic) bond motifs is 1. The van der Waals surface area contributed by atoms with Crippen molar-refractivity contribution in [2.75, 3.05) is 13.2 Å². The number of piperidine rings is 1. The van der Waals surface area contributed by atoms with Crippen LogP contribution in [0.15, 0.2) is 6.07 Å². The highest BCUT2D eigenvalue weighted by Gasteiger charge is 2.27. The van der Waals surface area contributed by atoms with Gasteiger partial charge in [0.05, 0.1) is 6.61 Å². The largest absolute Gasteiger partial charge is 0.507 e. The van der Waals surface area contributed by atoms with Crippen molar-refractivity contribution in [2.45, 2.75) is 38.6 Å². The van der Waals surface area contributed by atoms with Crippen LogP contribution in [0.5, 0.6) is 11.5 Å². The number of ether oxygens (including phenoxy) is 1. The Labute approximate surface area is 102 Å². The predicted octanol–water partition coefficient (Wildman–Crippen LogP) is 2.45. The zero-order valence-corrected chi connectivity index (χ0v) is 10.3. The van der Waals surface area contributed by atoms with E-state index in [0.29, 0.717) is 11.8 Å². The van der Waals surface area contributed by atoms with E-state index in [4.69, 9.17) is 4.74 Å². The van der Waals surface area contributed by atoms with E-state index in [-0.39, 0.29) is 0 Å². The average Bonchev–Trinajstić information content (AvgIpc) is 2.79. The molecule has 0 saturated carbocycles. The highest BCUT2D eigenvalue weighted by Crippen LogP contribution is 2.42. The third-order valence-electron chi connectivity index (χ3n) is 3.87. The maximum Gasteiger partial charge on any atom is 0.123 e. The lowest BCUT2D eigenvalue weighted by atomic mass is 9.90. The number of phenols is 1. The molecular formula is C14H19NO2. The third kappa shape index (κ3) is 1.78. The molecule has 3 nitrogen and oxygen atoms in total. The molecule has 0 aliphatic carbocycles. The van der Waals surface area contributed by atoms with E-state index >= 15 is 0 Å². The van der Waals surface area contributed by atoms with Crippen molar-refractivity contribution in [1.82, 2.24) is 5.32 Å². The van der Waals surface area contributed by atoms with E-state index in [0.717, 1.165) is 42.9 Å². The van der Waals surface area contributed by atoms with Gasteiger partial charge in [0.15, 0.2) is 0 Å². The first-order valence-electron chi connectivity index (χ1n) is 6.49. The number of aromatic hydroxyl groups is 1. The lowest BCUT2D eigenvalue weighted by Gasteiger charge is -2.26. The Bertz CT molecular complexity index is 436. The van der Waals surface area contributed by atoms with Gasteiger partial charge in [-0.15, -0.1) is 0 Å². The zero-order chi connectivity index (χ0) is 11.8. The Balaban J connectivity index is 2.07. The summed E-state index contributed by atoms with van der Waals surface area (Å²) in [6.45, 7) is 3.75. The summed E-state index contributed by atoms with van der Waals surface area (Å²) >= 11 is 0. The van der Waals surface area contributed by atoms with Crippen molar-refractivity contribution < 1.29 is 9.84 Å². The second-order valence-corrected chi connectivity index (χ2v) is 5.03. The van der Waals surface area contributed by atoms with E-state index in [2.05, 4.69) is 5.32 Å². The summed E-state index contributed by atoms with van der Waals surface area (Å²) in [5, 5.41) is 13.8. The average molecular weight is 233 g/mol. The number of nitrogens with one attached hydrogen (secondary N) is 1. The number of benzene rings is 1. The molecule has 1 saturated heterocycles. The Hall–Kier alpha value is -1.22. The maximum absolute atomic E-state index is 10.3. The molecule has 17 heavy (non-hydrogen) atoms. The van der Waals surface area contributed by atoms with E-state index < -0.39 is 0 Å². The molecular weight excluding hydrogens is 214 g/mol. The Morgan fingerprint density at radius 2 is 2.29 bits per heavy atom. The van der Waals surface area contributed by atoms with Crippen molar-refractivity contribution in [3.05, 3.63) is 22.8 Å². The fraction of sp³-hybridized carbons (Fsp3) is 0.571. The van der Waals surface area contributed by atoms with Crippen LogP contribution in [0, 0.1) is 6.92 Å². The van der Waals surface area contributed by atoms with Gasteiger partial charge in [0.2, 0.25) is 0 Å². The van der Waals surface area contributed by atoms with Gasteiger partial charge in [0, 0.05) is 23.6 Å². The molecule has 0 aromatic heterocycles. The molecule has 0 spiro atoms. The molecule has 2 heterocycles. The molecule has 3 rings (SSSR count). The highest BCUT2D eigenvalue weighted by atomic mass is 16.5. The van der Waals surface area contributed by atoms with Crippen LogP contribution in [0.1, 0.15) is 42.0 Å². The molecule has 0 radical (unpaired) electrons. The summed E-state index contributed by atoms with van der Waals surface area (Å²) < 4.78 is 5.63. The van der Waals surface area contributed by atoms with E-state index in [1.165, 1.54) is 18.4 Å². The quantitative estimate of drug-likeness (QED) is 0.783. The third-order valence-corrected chi connectivity index (χ3v) is 3.87. The monoisotopic (exact) mass is 233 g/mol. The normalized spacial score (nSPS) is 23.2. The smallest absolute Gasteiger partial charge is 0.123 e. The van der Waals surface area contributed by atoms with Crippen molar-refractivity contribution in [3.63, 3.8) is 0 Å². The first kappa shape index (κ1) is 10.9. The molecule has 92 valence electrons. The van der Waals surface area contributed by atoms with Gasteiger partial charge >= 0.3 is 0 Å². The van der Waals surface area contributed by atoms with Gasteiger partial charge in [-0.3, -0.25) is 0 Å². The summed E-state index contributed by atoms with van der Waals surface area (Å²) in [5.74, 6) is 1.44. The molecule has 1 aromatic carbocycles. The van der Waals surface area contributed by atoms with Crippen LogP contribution in [0.2, 0.25) is 0 Å². The minimum Gasteiger partial charge on any atom is -0.507 e. The van der Waals surface area contributed by atoms with Crippen LogP contribution in [0.3, 0.4) is 0 Å². The summed E-state index contributed by atoms with van der Waals surface area (Å²) in [6.07, 6.45) is 4.52. The molecule has 2 aliphatic heterocycles. The van der Waals surface area contributed by atoms with Crippen molar-refractivity contribution in [1.29, 1.82) is 0 Å². The van der Waals surface area contributed by atoms with Crippen LogP contribution in [-0.2, 0) is 6.42 Å². The number of aryl methyl sites for hydroxylation is 1. The van der Waals surface area contributed by atoms with Crippen LogP contribution in [0.4, 0.5) is 0 Å². The van der Waals surface area contributed by atoms with E-state index in [9.17, 15) is 5.11 Å². The van der Waals surface area contributed by atoms with Gasteiger partial charge in [-0.1, -0.05) is 6.42 Å². The number of hydrogen-bond acceptors (Lipinski definition) is 3. The molecule has 1 fully saturated rings. The molecule has 1 aromatic rings. The van der Waals surface area contributed by atoms with Gasteiger partial charge in [-0.05, 0) is 37.9 Å². The number of phenolic OH excluding ortho intramolecular Hbond substituents is 1. The summed E-state index contributed by atoms with van der Waals surface area (Å²) in [6, 6.07) is 2.27. The van der Waals surface area contributed by atoms with Crippen LogP contribution >= 0.6 is 0 Å². The van der Waals surface area contributed by atoms with E-state index in [1.54, 1.807) is 0 Å². The first-order valence-corrected chi connectivity index (χ1v) is 6.49. The molecule has 0 bridgehead atoms.